The molecule has 0 aliphatic rings. The molecule has 0 fully saturated rings. The maximum atomic E-state index is 11.7. The Balaban J connectivity index is 2.53. The summed E-state index contributed by atoms with van der Waals surface area (Å²) in [6.45, 7) is 4.84. The number of hydrogen-bond acceptors (Lipinski definition) is 4. The minimum Gasteiger partial charge on any atom is -0.468 e. The van der Waals surface area contributed by atoms with Gasteiger partial charge in [0.2, 0.25) is 0 Å². The zero-order valence-electron chi connectivity index (χ0n) is 12.2. The third-order valence-electron chi connectivity index (χ3n) is 2.97. The van der Waals surface area contributed by atoms with E-state index in [-0.39, 0.29) is 18.1 Å². The van der Waals surface area contributed by atoms with E-state index in [1.54, 1.807) is 0 Å². The normalized spacial score (nSPS) is 12.3. The first-order chi connectivity index (χ1) is 9.04. The van der Waals surface area contributed by atoms with Crippen LogP contribution in [-0.4, -0.2) is 38.8 Å². The van der Waals surface area contributed by atoms with E-state index in [0.717, 1.165) is 18.7 Å². The number of nitrogens with one attached hydrogen (secondary N) is 1. The Bertz CT molecular complexity index is 379. The monoisotopic (exact) mass is 264 g/mol. The number of methoxy groups -OCH3 is 1. The lowest BCUT2D eigenvalue weighted by molar-refractivity contribution is -0.143. The molecule has 0 saturated carbocycles. The Hall–Kier alpha value is -1.55. The number of carbonyl (C=O) groups excluding carboxylic acids is 1. The van der Waals surface area contributed by atoms with Crippen LogP contribution in [0.25, 0.3) is 0 Å². The molecule has 0 amide bonds. The molecule has 4 heteroatoms. The molecule has 0 bridgehead atoms. The second kappa shape index (κ2) is 7.79. The molecule has 0 aromatic heterocycles. The highest BCUT2D eigenvalue weighted by Crippen LogP contribution is 2.12. The van der Waals surface area contributed by atoms with Crippen molar-refractivity contribution in [2.75, 3.05) is 25.6 Å². The topological polar surface area (TPSA) is 41.6 Å². The summed E-state index contributed by atoms with van der Waals surface area (Å²) in [5, 5.41) is 3.24. The van der Waals surface area contributed by atoms with Gasteiger partial charge in [-0.2, -0.15) is 0 Å². The first-order valence-electron chi connectivity index (χ1n) is 6.64. The van der Waals surface area contributed by atoms with Gasteiger partial charge < -0.3 is 15.0 Å². The number of carbonyl (C=O) groups is 1. The summed E-state index contributed by atoms with van der Waals surface area (Å²) < 4.78 is 4.83. The fraction of sp³-hybridized carbons (Fsp3) is 0.533. The number of anilines is 1. The Labute approximate surface area is 115 Å². The quantitative estimate of drug-likeness (QED) is 0.765. The number of ether oxygens (including phenoxy) is 1. The molecule has 0 radical (unpaired) electrons. The lowest BCUT2D eigenvalue weighted by Crippen LogP contribution is -2.43. The summed E-state index contributed by atoms with van der Waals surface area (Å²) in [7, 11) is 3.46. The standard InChI is InChI=1S/C15H24N2O2/c1-12(2)16-14(15(18)19-4)10-11-17(3)13-8-6-5-7-9-13/h5-9,12,14,16H,10-11H2,1-4H3. The van der Waals surface area contributed by atoms with Gasteiger partial charge in [0.25, 0.3) is 0 Å². The van der Waals surface area contributed by atoms with Crippen LogP contribution in [0.2, 0.25) is 0 Å². The molecule has 0 aliphatic heterocycles. The zero-order valence-corrected chi connectivity index (χ0v) is 12.2. The van der Waals surface area contributed by atoms with Crippen molar-refractivity contribution in [1.82, 2.24) is 5.32 Å². The van der Waals surface area contributed by atoms with Crippen molar-refractivity contribution in [2.45, 2.75) is 32.4 Å². The Morgan fingerprint density at radius 1 is 1.32 bits per heavy atom. The van der Waals surface area contributed by atoms with Gasteiger partial charge in [-0.1, -0.05) is 32.0 Å². The van der Waals surface area contributed by atoms with Gasteiger partial charge in [0.05, 0.1) is 7.11 Å². The molecule has 1 atom stereocenters. The molecule has 1 unspecified atom stereocenters. The van der Waals surface area contributed by atoms with E-state index >= 15 is 0 Å². The molecule has 4 nitrogen and oxygen atoms in total. The number of nitrogens with zero attached hydrogens (tertiary/aromatic N) is 1. The molecular weight excluding hydrogens is 240 g/mol. The third kappa shape index (κ3) is 5.30. The fourth-order valence-electron chi connectivity index (χ4n) is 1.95. The highest BCUT2D eigenvalue weighted by atomic mass is 16.5. The van der Waals surface area contributed by atoms with Gasteiger partial charge >= 0.3 is 5.97 Å². The summed E-state index contributed by atoms with van der Waals surface area (Å²) in [5.74, 6) is -0.199. The van der Waals surface area contributed by atoms with Gasteiger partial charge in [-0.05, 0) is 18.6 Å². The maximum Gasteiger partial charge on any atom is 0.322 e. The lowest BCUT2D eigenvalue weighted by atomic mass is 10.1. The molecular formula is C15H24N2O2. The molecule has 1 N–H and O–H groups in total. The van der Waals surface area contributed by atoms with Gasteiger partial charge in [0.15, 0.2) is 0 Å². The molecule has 0 heterocycles. The summed E-state index contributed by atoms with van der Waals surface area (Å²) >= 11 is 0. The van der Waals surface area contributed by atoms with Crippen molar-refractivity contribution in [3.63, 3.8) is 0 Å². The highest BCUT2D eigenvalue weighted by Gasteiger charge is 2.20. The van der Waals surface area contributed by atoms with Crippen LogP contribution in [0.4, 0.5) is 5.69 Å². The van der Waals surface area contributed by atoms with Crippen LogP contribution in [0.5, 0.6) is 0 Å². The first-order valence-corrected chi connectivity index (χ1v) is 6.64. The number of rotatable bonds is 7. The van der Waals surface area contributed by atoms with Crippen LogP contribution in [0.3, 0.4) is 0 Å². The molecule has 0 spiro atoms. The molecule has 0 saturated heterocycles. The molecule has 1 rings (SSSR count). The van der Waals surface area contributed by atoms with Crippen molar-refractivity contribution in [1.29, 1.82) is 0 Å². The van der Waals surface area contributed by atoms with Gasteiger partial charge in [-0.15, -0.1) is 0 Å². The maximum absolute atomic E-state index is 11.7. The SMILES string of the molecule is COC(=O)C(CCN(C)c1ccccc1)NC(C)C. The lowest BCUT2D eigenvalue weighted by Gasteiger charge is -2.24. The number of benzene rings is 1. The summed E-state index contributed by atoms with van der Waals surface area (Å²) in [6, 6.07) is 10.1. The molecule has 0 aliphatic carbocycles. The second-order valence-electron chi connectivity index (χ2n) is 4.94. The van der Waals surface area contributed by atoms with Gasteiger partial charge in [0.1, 0.15) is 6.04 Å². The van der Waals surface area contributed by atoms with Crippen LogP contribution < -0.4 is 10.2 Å². The number of para-hydroxylation sites is 1. The highest BCUT2D eigenvalue weighted by molar-refractivity contribution is 5.75. The Morgan fingerprint density at radius 2 is 1.95 bits per heavy atom. The Kier molecular flexibility index (Phi) is 6.36. The molecule has 19 heavy (non-hydrogen) atoms. The van der Waals surface area contributed by atoms with Crippen molar-refractivity contribution in [2.24, 2.45) is 0 Å². The van der Waals surface area contributed by atoms with E-state index in [0.29, 0.717) is 0 Å². The van der Waals surface area contributed by atoms with Gasteiger partial charge in [-0.3, -0.25) is 4.79 Å². The van der Waals surface area contributed by atoms with E-state index in [9.17, 15) is 4.79 Å². The first kappa shape index (κ1) is 15.5. The van der Waals surface area contributed by atoms with Crippen molar-refractivity contribution >= 4 is 11.7 Å². The van der Waals surface area contributed by atoms with Gasteiger partial charge in [-0.25, -0.2) is 0 Å². The van der Waals surface area contributed by atoms with E-state index < -0.39 is 0 Å². The van der Waals surface area contributed by atoms with Crippen molar-refractivity contribution in [3.05, 3.63) is 30.3 Å². The minimum absolute atomic E-state index is 0.199. The number of esters is 1. The van der Waals surface area contributed by atoms with E-state index in [4.69, 9.17) is 4.74 Å². The Morgan fingerprint density at radius 3 is 2.47 bits per heavy atom. The molecule has 106 valence electrons. The van der Waals surface area contributed by atoms with Crippen molar-refractivity contribution < 1.29 is 9.53 Å². The predicted molar refractivity (Wildman–Crippen MR) is 78.4 cm³/mol. The average Bonchev–Trinajstić information content (AvgIpc) is 2.42. The largest absolute Gasteiger partial charge is 0.468 e. The van der Waals surface area contributed by atoms with Crippen LogP contribution in [0, 0.1) is 0 Å². The van der Waals surface area contributed by atoms with Crippen LogP contribution in [0.1, 0.15) is 20.3 Å². The van der Waals surface area contributed by atoms with Gasteiger partial charge in [0, 0.05) is 25.3 Å². The molecule has 1 aromatic carbocycles. The van der Waals surface area contributed by atoms with Crippen LogP contribution in [-0.2, 0) is 9.53 Å². The van der Waals surface area contributed by atoms with Crippen LogP contribution in [0.15, 0.2) is 30.3 Å². The summed E-state index contributed by atoms with van der Waals surface area (Å²) in [6.07, 6.45) is 0.718. The third-order valence-corrected chi connectivity index (χ3v) is 2.97. The van der Waals surface area contributed by atoms with E-state index in [2.05, 4.69) is 22.3 Å². The average molecular weight is 264 g/mol. The minimum atomic E-state index is -0.254. The summed E-state index contributed by atoms with van der Waals surface area (Å²) in [5.41, 5.74) is 1.15. The summed E-state index contributed by atoms with van der Waals surface area (Å²) in [4.78, 5) is 13.8. The van der Waals surface area contributed by atoms with E-state index in [1.165, 1.54) is 7.11 Å². The zero-order chi connectivity index (χ0) is 14.3. The smallest absolute Gasteiger partial charge is 0.322 e. The molecule has 1 aromatic rings. The predicted octanol–water partition coefficient (Wildman–Crippen LogP) is 2.05. The van der Waals surface area contributed by atoms with Crippen LogP contribution >= 0.6 is 0 Å². The fourth-order valence-corrected chi connectivity index (χ4v) is 1.95. The number of hydrogen-bond donors (Lipinski definition) is 1. The second-order valence-corrected chi connectivity index (χ2v) is 4.94. The van der Waals surface area contributed by atoms with E-state index in [1.807, 2.05) is 39.1 Å². The van der Waals surface area contributed by atoms with Crippen molar-refractivity contribution in [3.8, 4) is 0 Å².